The Morgan fingerprint density at radius 1 is 1.28 bits per heavy atom. The van der Waals surface area contributed by atoms with E-state index in [-0.39, 0.29) is 0 Å². The molecule has 1 heterocycles. The molecule has 0 saturated heterocycles. The van der Waals surface area contributed by atoms with Crippen LogP contribution >= 0.6 is 0 Å². The van der Waals surface area contributed by atoms with Crippen LogP contribution in [0, 0.1) is 5.92 Å². The molecular weight excluding hydrogens is 222 g/mol. The monoisotopic (exact) mass is 249 g/mol. The Morgan fingerprint density at radius 3 is 2.56 bits per heavy atom. The van der Waals surface area contributed by atoms with Gasteiger partial charge in [0, 0.05) is 31.4 Å². The Kier molecular flexibility index (Phi) is 6.73. The summed E-state index contributed by atoms with van der Waals surface area (Å²) >= 11 is 0. The van der Waals surface area contributed by atoms with Crippen molar-refractivity contribution >= 4 is 5.82 Å². The standard InChI is InChI=1S/C15H27N3/c1-5-13(6-2)12-18(7-3)15-14(11-16-4)9-8-10-17-15/h8-10,13,16H,5-7,11-12H2,1-4H3. The molecule has 0 bridgehead atoms. The normalized spacial score (nSPS) is 10.9. The van der Waals surface area contributed by atoms with Crippen molar-refractivity contribution in [2.75, 3.05) is 25.0 Å². The minimum atomic E-state index is 0.759. The highest BCUT2D eigenvalue weighted by molar-refractivity contribution is 5.46. The van der Waals surface area contributed by atoms with Crippen LogP contribution in [0.15, 0.2) is 18.3 Å². The number of aromatic nitrogens is 1. The first-order chi connectivity index (χ1) is 8.76. The van der Waals surface area contributed by atoms with Gasteiger partial charge in [0.05, 0.1) is 0 Å². The van der Waals surface area contributed by atoms with Crippen LogP contribution in [0.5, 0.6) is 0 Å². The third-order valence-corrected chi connectivity index (χ3v) is 3.55. The minimum Gasteiger partial charge on any atom is -0.356 e. The molecule has 0 aromatic carbocycles. The first-order valence-electron chi connectivity index (χ1n) is 7.10. The SMILES string of the molecule is CCC(CC)CN(CC)c1ncccc1CNC. The highest BCUT2D eigenvalue weighted by Crippen LogP contribution is 2.20. The summed E-state index contributed by atoms with van der Waals surface area (Å²) in [5, 5.41) is 3.22. The molecule has 18 heavy (non-hydrogen) atoms. The molecule has 0 radical (unpaired) electrons. The second kappa shape index (κ2) is 8.09. The van der Waals surface area contributed by atoms with Crippen LogP contribution in [0.4, 0.5) is 5.82 Å². The van der Waals surface area contributed by atoms with Gasteiger partial charge in [-0.1, -0.05) is 32.8 Å². The van der Waals surface area contributed by atoms with Crippen LogP contribution in [-0.2, 0) is 6.54 Å². The third kappa shape index (κ3) is 3.98. The maximum absolute atomic E-state index is 4.58. The average molecular weight is 249 g/mol. The average Bonchev–Trinajstić information content (AvgIpc) is 2.42. The topological polar surface area (TPSA) is 28.2 Å². The van der Waals surface area contributed by atoms with Crippen molar-refractivity contribution < 1.29 is 0 Å². The van der Waals surface area contributed by atoms with E-state index in [1.54, 1.807) is 0 Å². The lowest BCUT2D eigenvalue weighted by atomic mass is 10.0. The number of nitrogens with one attached hydrogen (secondary N) is 1. The molecule has 3 heteroatoms. The lowest BCUT2D eigenvalue weighted by Crippen LogP contribution is -2.31. The Morgan fingerprint density at radius 2 is 2.00 bits per heavy atom. The molecule has 0 fully saturated rings. The van der Waals surface area contributed by atoms with Gasteiger partial charge < -0.3 is 10.2 Å². The Balaban J connectivity index is 2.86. The van der Waals surface area contributed by atoms with E-state index in [4.69, 9.17) is 0 Å². The molecule has 0 aliphatic rings. The molecule has 1 N–H and O–H groups in total. The van der Waals surface area contributed by atoms with Gasteiger partial charge in [0.2, 0.25) is 0 Å². The zero-order chi connectivity index (χ0) is 13.4. The zero-order valence-corrected chi connectivity index (χ0v) is 12.2. The predicted molar refractivity (Wildman–Crippen MR) is 79.0 cm³/mol. The van der Waals surface area contributed by atoms with Crippen LogP contribution in [0.1, 0.15) is 39.2 Å². The smallest absolute Gasteiger partial charge is 0.133 e. The Bertz CT molecular complexity index is 334. The van der Waals surface area contributed by atoms with Gasteiger partial charge in [-0.05, 0) is 26.0 Å². The number of pyridine rings is 1. The van der Waals surface area contributed by atoms with Crippen molar-refractivity contribution in [3.63, 3.8) is 0 Å². The second-order valence-electron chi connectivity index (χ2n) is 4.74. The van der Waals surface area contributed by atoms with Gasteiger partial charge in [-0.2, -0.15) is 0 Å². The number of hydrogen-bond acceptors (Lipinski definition) is 3. The number of hydrogen-bond donors (Lipinski definition) is 1. The molecular formula is C15H27N3. The van der Waals surface area contributed by atoms with E-state index >= 15 is 0 Å². The fourth-order valence-electron chi connectivity index (χ4n) is 2.27. The Labute approximate surface area is 112 Å². The first kappa shape index (κ1) is 15.0. The van der Waals surface area contributed by atoms with Crippen LogP contribution in [0.25, 0.3) is 0 Å². The number of rotatable bonds is 8. The summed E-state index contributed by atoms with van der Waals surface area (Å²) in [5.74, 6) is 1.90. The minimum absolute atomic E-state index is 0.759. The summed E-state index contributed by atoms with van der Waals surface area (Å²) in [4.78, 5) is 6.98. The maximum Gasteiger partial charge on any atom is 0.133 e. The molecule has 1 rings (SSSR count). The zero-order valence-electron chi connectivity index (χ0n) is 12.2. The summed E-state index contributed by atoms with van der Waals surface area (Å²) in [6, 6.07) is 4.18. The van der Waals surface area contributed by atoms with Crippen molar-refractivity contribution in [3.05, 3.63) is 23.9 Å². The molecule has 0 aliphatic carbocycles. The molecule has 102 valence electrons. The van der Waals surface area contributed by atoms with Crippen LogP contribution in [-0.4, -0.2) is 25.1 Å². The predicted octanol–water partition coefficient (Wildman–Crippen LogP) is 3.06. The largest absolute Gasteiger partial charge is 0.356 e. The highest BCUT2D eigenvalue weighted by atomic mass is 15.2. The van der Waals surface area contributed by atoms with E-state index < -0.39 is 0 Å². The number of anilines is 1. The van der Waals surface area contributed by atoms with Gasteiger partial charge in [0.1, 0.15) is 5.82 Å². The summed E-state index contributed by atoms with van der Waals surface area (Å²) in [6.07, 6.45) is 4.37. The van der Waals surface area contributed by atoms with Crippen molar-refractivity contribution in [3.8, 4) is 0 Å². The van der Waals surface area contributed by atoms with E-state index in [2.05, 4.69) is 42.0 Å². The van der Waals surface area contributed by atoms with E-state index in [1.165, 1.54) is 18.4 Å². The van der Waals surface area contributed by atoms with E-state index in [1.807, 2.05) is 19.3 Å². The van der Waals surface area contributed by atoms with Crippen molar-refractivity contribution in [2.45, 2.75) is 40.2 Å². The summed E-state index contributed by atoms with van der Waals surface area (Å²) in [5.41, 5.74) is 1.29. The van der Waals surface area contributed by atoms with Gasteiger partial charge in [-0.15, -0.1) is 0 Å². The molecule has 0 aliphatic heterocycles. The number of nitrogens with zero attached hydrogens (tertiary/aromatic N) is 2. The van der Waals surface area contributed by atoms with Gasteiger partial charge in [-0.25, -0.2) is 4.98 Å². The van der Waals surface area contributed by atoms with E-state index in [0.29, 0.717) is 0 Å². The van der Waals surface area contributed by atoms with Gasteiger partial charge in [-0.3, -0.25) is 0 Å². The molecule has 0 atom stereocenters. The first-order valence-corrected chi connectivity index (χ1v) is 7.10. The lowest BCUT2D eigenvalue weighted by Gasteiger charge is -2.28. The van der Waals surface area contributed by atoms with Gasteiger partial charge in [0.25, 0.3) is 0 Å². The van der Waals surface area contributed by atoms with Crippen molar-refractivity contribution in [1.82, 2.24) is 10.3 Å². The molecule has 1 aromatic heterocycles. The second-order valence-corrected chi connectivity index (χ2v) is 4.74. The van der Waals surface area contributed by atoms with Crippen LogP contribution in [0.2, 0.25) is 0 Å². The van der Waals surface area contributed by atoms with Gasteiger partial charge in [0.15, 0.2) is 0 Å². The fourth-order valence-corrected chi connectivity index (χ4v) is 2.27. The third-order valence-electron chi connectivity index (χ3n) is 3.55. The molecule has 1 aromatic rings. The molecule has 0 saturated carbocycles. The van der Waals surface area contributed by atoms with Crippen LogP contribution in [0.3, 0.4) is 0 Å². The van der Waals surface area contributed by atoms with Gasteiger partial charge >= 0.3 is 0 Å². The summed E-state index contributed by atoms with van der Waals surface area (Å²) in [7, 11) is 1.98. The quantitative estimate of drug-likeness (QED) is 0.767. The molecule has 3 nitrogen and oxygen atoms in total. The van der Waals surface area contributed by atoms with E-state index in [9.17, 15) is 0 Å². The summed E-state index contributed by atoms with van der Waals surface area (Å²) in [6.45, 7) is 9.76. The Hall–Kier alpha value is -1.09. The lowest BCUT2D eigenvalue weighted by molar-refractivity contribution is 0.483. The summed E-state index contributed by atoms with van der Waals surface area (Å²) < 4.78 is 0. The van der Waals surface area contributed by atoms with Crippen molar-refractivity contribution in [1.29, 1.82) is 0 Å². The van der Waals surface area contributed by atoms with Crippen molar-refractivity contribution in [2.24, 2.45) is 5.92 Å². The molecule has 0 amide bonds. The fraction of sp³-hybridized carbons (Fsp3) is 0.667. The van der Waals surface area contributed by atoms with Crippen LogP contribution < -0.4 is 10.2 Å². The molecule has 0 spiro atoms. The van der Waals surface area contributed by atoms with E-state index in [0.717, 1.165) is 31.4 Å². The highest BCUT2D eigenvalue weighted by Gasteiger charge is 2.14. The maximum atomic E-state index is 4.58. The molecule has 0 unspecified atom stereocenters.